The van der Waals surface area contributed by atoms with Crippen molar-refractivity contribution < 1.29 is 14.5 Å². The molecule has 1 aliphatic rings. The second-order valence-corrected chi connectivity index (χ2v) is 6.68. The predicted molar refractivity (Wildman–Crippen MR) is 88.0 cm³/mol. The van der Waals surface area contributed by atoms with Crippen LogP contribution in [0.4, 0.5) is 10.5 Å². The number of non-ortho nitro benzene ring substituents is 1. The minimum Gasteiger partial charge on any atom is -0.444 e. The van der Waals surface area contributed by atoms with Gasteiger partial charge < -0.3 is 9.64 Å². The molecule has 0 bridgehead atoms. The quantitative estimate of drug-likeness (QED) is 0.626. The molecule has 6 heteroatoms. The number of hydrogen-bond donors (Lipinski definition) is 0. The van der Waals surface area contributed by atoms with E-state index < -0.39 is 10.5 Å². The molecule has 1 aromatic rings. The molecule has 1 aliphatic heterocycles. The summed E-state index contributed by atoms with van der Waals surface area (Å²) in [4.78, 5) is 23.9. The van der Waals surface area contributed by atoms with E-state index in [0.717, 1.165) is 12.0 Å². The Balaban J connectivity index is 1.89. The number of nitro groups is 1. The monoisotopic (exact) mass is 318 g/mol. The maximum atomic E-state index is 12.0. The molecule has 1 atom stereocenters. The van der Waals surface area contributed by atoms with Crippen LogP contribution in [-0.2, 0) is 4.74 Å². The molecule has 2 rings (SSSR count). The summed E-state index contributed by atoms with van der Waals surface area (Å²) >= 11 is 0. The number of carbonyl (C=O) groups excluding carboxylic acids is 1. The molecule has 1 amide bonds. The fraction of sp³-hybridized carbons (Fsp3) is 0.471. The molecule has 0 radical (unpaired) electrons. The van der Waals surface area contributed by atoms with E-state index >= 15 is 0 Å². The molecule has 1 aromatic carbocycles. The third kappa shape index (κ3) is 5.09. The molecule has 6 nitrogen and oxygen atoms in total. The number of rotatable bonds is 3. The lowest BCUT2D eigenvalue weighted by Gasteiger charge is -2.24. The number of ether oxygens (including phenoxy) is 1. The summed E-state index contributed by atoms with van der Waals surface area (Å²) in [6.07, 6.45) is 4.60. The highest BCUT2D eigenvalue weighted by molar-refractivity contribution is 5.68. The SMILES string of the molecule is CC(C)(C)OC(=O)N1CC[C@@H](/C=C/c2ccc([N+](=O)[O-])cc2)C1. The van der Waals surface area contributed by atoms with E-state index in [0.29, 0.717) is 13.1 Å². The molecule has 0 aromatic heterocycles. The van der Waals surface area contributed by atoms with Gasteiger partial charge in [-0.05, 0) is 50.8 Å². The largest absolute Gasteiger partial charge is 0.444 e. The van der Waals surface area contributed by atoms with Crippen molar-refractivity contribution in [2.24, 2.45) is 5.92 Å². The van der Waals surface area contributed by atoms with E-state index in [1.807, 2.05) is 32.9 Å². The summed E-state index contributed by atoms with van der Waals surface area (Å²) in [6, 6.07) is 6.41. The van der Waals surface area contributed by atoms with E-state index in [4.69, 9.17) is 4.74 Å². The molecule has 1 heterocycles. The summed E-state index contributed by atoms with van der Waals surface area (Å²) < 4.78 is 5.37. The summed E-state index contributed by atoms with van der Waals surface area (Å²) in [5.41, 5.74) is 0.509. The van der Waals surface area contributed by atoms with Crippen LogP contribution < -0.4 is 0 Å². The molecule has 1 fully saturated rings. The van der Waals surface area contributed by atoms with Crippen LogP contribution in [0.2, 0.25) is 0 Å². The fourth-order valence-corrected chi connectivity index (χ4v) is 2.39. The molecule has 124 valence electrons. The smallest absolute Gasteiger partial charge is 0.410 e. The van der Waals surface area contributed by atoms with Crippen molar-refractivity contribution in [1.82, 2.24) is 4.90 Å². The zero-order valence-electron chi connectivity index (χ0n) is 13.7. The van der Waals surface area contributed by atoms with Gasteiger partial charge >= 0.3 is 6.09 Å². The van der Waals surface area contributed by atoms with Crippen LogP contribution in [0.5, 0.6) is 0 Å². The number of nitro benzene ring substituents is 1. The minimum absolute atomic E-state index is 0.0825. The van der Waals surface area contributed by atoms with Gasteiger partial charge in [-0.1, -0.05) is 12.2 Å². The molecular weight excluding hydrogens is 296 g/mol. The van der Waals surface area contributed by atoms with Gasteiger partial charge in [0.15, 0.2) is 0 Å². The Morgan fingerprint density at radius 1 is 1.35 bits per heavy atom. The number of carbonyl (C=O) groups is 1. The number of hydrogen-bond acceptors (Lipinski definition) is 4. The van der Waals surface area contributed by atoms with Crippen molar-refractivity contribution in [2.75, 3.05) is 13.1 Å². The average molecular weight is 318 g/mol. The predicted octanol–water partition coefficient (Wildman–Crippen LogP) is 3.87. The topological polar surface area (TPSA) is 72.7 Å². The van der Waals surface area contributed by atoms with Crippen molar-refractivity contribution in [2.45, 2.75) is 32.8 Å². The zero-order valence-corrected chi connectivity index (χ0v) is 13.7. The number of nitrogens with zero attached hydrogens (tertiary/aromatic N) is 2. The first-order chi connectivity index (χ1) is 10.7. The van der Waals surface area contributed by atoms with Crippen LogP contribution in [0.3, 0.4) is 0 Å². The van der Waals surface area contributed by atoms with E-state index in [9.17, 15) is 14.9 Å². The second-order valence-electron chi connectivity index (χ2n) is 6.68. The van der Waals surface area contributed by atoms with Crippen molar-refractivity contribution in [3.05, 3.63) is 46.0 Å². The van der Waals surface area contributed by atoms with E-state index in [2.05, 4.69) is 0 Å². The molecule has 1 saturated heterocycles. The number of amides is 1. The lowest BCUT2D eigenvalue weighted by molar-refractivity contribution is -0.384. The van der Waals surface area contributed by atoms with Gasteiger partial charge in [0, 0.05) is 25.2 Å². The van der Waals surface area contributed by atoms with Crippen LogP contribution in [0.1, 0.15) is 32.8 Å². The first kappa shape index (κ1) is 17.0. The molecule has 0 saturated carbocycles. The molecule has 0 spiro atoms. The van der Waals surface area contributed by atoms with Crippen molar-refractivity contribution in [1.29, 1.82) is 0 Å². The van der Waals surface area contributed by atoms with Crippen LogP contribution in [0, 0.1) is 16.0 Å². The number of benzene rings is 1. The van der Waals surface area contributed by atoms with Gasteiger partial charge in [0.2, 0.25) is 0 Å². The van der Waals surface area contributed by atoms with Gasteiger partial charge in [0.1, 0.15) is 5.60 Å². The fourth-order valence-electron chi connectivity index (χ4n) is 2.39. The lowest BCUT2D eigenvalue weighted by atomic mass is 10.1. The highest BCUT2D eigenvalue weighted by atomic mass is 16.6. The summed E-state index contributed by atoms with van der Waals surface area (Å²) in [7, 11) is 0. The van der Waals surface area contributed by atoms with E-state index in [1.165, 1.54) is 12.1 Å². The van der Waals surface area contributed by atoms with Crippen LogP contribution in [0.15, 0.2) is 30.3 Å². The first-order valence-electron chi connectivity index (χ1n) is 7.65. The Bertz CT molecular complexity index is 602. The Morgan fingerprint density at radius 2 is 2.00 bits per heavy atom. The van der Waals surface area contributed by atoms with Crippen LogP contribution in [-0.4, -0.2) is 34.6 Å². The summed E-state index contributed by atoms with van der Waals surface area (Å²) in [5, 5.41) is 10.6. The van der Waals surface area contributed by atoms with Crippen molar-refractivity contribution in [3.8, 4) is 0 Å². The highest BCUT2D eigenvalue weighted by Crippen LogP contribution is 2.22. The van der Waals surface area contributed by atoms with Gasteiger partial charge in [-0.3, -0.25) is 10.1 Å². The van der Waals surface area contributed by atoms with Crippen LogP contribution >= 0.6 is 0 Å². The minimum atomic E-state index is -0.482. The molecule has 0 aliphatic carbocycles. The second kappa shape index (κ2) is 6.81. The zero-order chi connectivity index (χ0) is 17.0. The van der Waals surface area contributed by atoms with Gasteiger partial charge in [0.05, 0.1) is 4.92 Å². The van der Waals surface area contributed by atoms with Crippen molar-refractivity contribution in [3.63, 3.8) is 0 Å². The third-order valence-electron chi connectivity index (χ3n) is 3.54. The Morgan fingerprint density at radius 3 is 2.57 bits per heavy atom. The summed E-state index contributed by atoms with van der Waals surface area (Å²) in [5.74, 6) is 0.276. The van der Waals surface area contributed by atoms with Gasteiger partial charge in [-0.25, -0.2) is 4.79 Å². The first-order valence-corrected chi connectivity index (χ1v) is 7.65. The standard InChI is InChI=1S/C17H22N2O4/c1-17(2,3)23-16(20)18-11-10-14(12-18)5-4-13-6-8-15(9-7-13)19(21)22/h4-9,14H,10-12H2,1-3H3/b5-4+/t14-/m1/s1. The van der Waals surface area contributed by atoms with E-state index in [1.54, 1.807) is 17.0 Å². The third-order valence-corrected chi connectivity index (χ3v) is 3.54. The average Bonchev–Trinajstić information content (AvgIpc) is 2.93. The van der Waals surface area contributed by atoms with Gasteiger partial charge in [0.25, 0.3) is 5.69 Å². The molecular formula is C17H22N2O4. The summed E-state index contributed by atoms with van der Waals surface area (Å²) in [6.45, 7) is 6.88. The molecule has 23 heavy (non-hydrogen) atoms. The number of likely N-dealkylation sites (tertiary alicyclic amines) is 1. The normalized spacial score (nSPS) is 18.4. The Kier molecular flexibility index (Phi) is 5.03. The Hall–Kier alpha value is -2.37. The molecule has 0 N–H and O–H groups in total. The Labute approximate surface area is 135 Å². The molecule has 0 unspecified atom stereocenters. The van der Waals surface area contributed by atoms with Gasteiger partial charge in [-0.2, -0.15) is 0 Å². The maximum absolute atomic E-state index is 12.0. The lowest BCUT2D eigenvalue weighted by Crippen LogP contribution is -2.35. The van der Waals surface area contributed by atoms with E-state index in [-0.39, 0.29) is 17.7 Å². The van der Waals surface area contributed by atoms with Crippen LogP contribution in [0.25, 0.3) is 6.08 Å². The van der Waals surface area contributed by atoms with Crippen molar-refractivity contribution >= 4 is 17.9 Å². The highest BCUT2D eigenvalue weighted by Gasteiger charge is 2.28. The van der Waals surface area contributed by atoms with Gasteiger partial charge in [-0.15, -0.1) is 0 Å². The maximum Gasteiger partial charge on any atom is 0.410 e.